The smallest absolute Gasteiger partial charge is 0.214 e. The third-order valence-electron chi connectivity index (χ3n) is 3.06. The third-order valence-corrected chi connectivity index (χ3v) is 4.95. The molecule has 0 aliphatic rings. The van der Waals surface area contributed by atoms with Gasteiger partial charge in [-0.25, -0.2) is 12.7 Å². The number of sulfonamides is 1. The maximum absolute atomic E-state index is 12.1. The van der Waals surface area contributed by atoms with Gasteiger partial charge >= 0.3 is 0 Å². The predicted octanol–water partition coefficient (Wildman–Crippen LogP) is 1.62. The number of rotatable bonds is 10. The second-order valence-corrected chi connectivity index (χ2v) is 7.08. The van der Waals surface area contributed by atoms with Crippen LogP contribution in [0.2, 0.25) is 0 Å². The van der Waals surface area contributed by atoms with Crippen LogP contribution in [0.15, 0.2) is 24.5 Å². The van der Waals surface area contributed by atoms with Crippen molar-refractivity contribution >= 4 is 10.0 Å². The van der Waals surface area contributed by atoms with Crippen molar-refractivity contribution < 1.29 is 8.42 Å². The van der Waals surface area contributed by atoms with Gasteiger partial charge in [0.1, 0.15) is 0 Å². The maximum Gasteiger partial charge on any atom is 0.214 e. The van der Waals surface area contributed by atoms with Crippen molar-refractivity contribution in [3.63, 3.8) is 0 Å². The fraction of sp³-hybridized carbons (Fsp3) is 0.643. The van der Waals surface area contributed by atoms with Crippen LogP contribution < -0.4 is 5.32 Å². The second-order valence-electron chi connectivity index (χ2n) is 4.88. The van der Waals surface area contributed by atoms with Crippen LogP contribution in [-0.4, -0.2) is 43.6 Å². The first-order chi connectivity index (χ1) is 9.56. The van der Waals surface area contributed by atoms with Gasteiger partial charge in [-0.1, -0.05) is 6.92 Å². The first-order valence-electron chi connectivity index (χ1n) is 7.10. The van der Waals surface area contributed by atoms with Gasteiger partial charge in [-0.15, -0.1) is 0 Å². The van der Waals surface area contributed by atoms with Gasteiger partial charge in [0, 0.05) is 26.0 Å². The number of hydrogen-bond acceptors (Lipinski definition) is 4. The summed E-state index contributed by atoms with van der Waals surface area (Å²) in [7, 11) is -1.54. The molecule has 0 bridgehead atoms. The summed E-state index contributed by atoms with van der Waals surface area (Å²) in [4.78, 5) is 3.93. The molecule has 0 fully saturated rings. The monoisotopic (exact) mass is 299 g/mol. The first kappa shape index (κ1) is 17.1. The summed E-state index contributed by atoms with van der Waals surface area (Å²) in [6.07, 6.45) is 6.04. The van der Waals surface area contributed by atoms with Crippen molar-refractivity contribution in [1.29, 1.82) is 0 Å². The molecule has 114 valence electrons. The van der Waals surface area contributed by atoms with Crippen molar-refractivity contribution in [2.45, 2.75) is 32.7 Å². The van der Waals surface area contributed by atoms with E-state index in [0.717, 1.165) is 31.5 Å². The van der Waals surface area contributed by atoms with E-state index in [1.165, 1.54) is 4.31 Å². The standard InChI is InChI=1S/C14H25N3O2S/c1-3-8-15-9-4-5-12-20(18,19)17(2)13-14-6-10-16-11-7-14/h6-7,10-11,15H,3-5,8-9,12-13H2,1-2H3. The fourth-order valence-electron chi connectivity index (χ4n) is 1.84. The Morgan fingerprint density at radius 1 is 1.20 bits per heavy atom. The van der Waals surface area contributed by atoms with E-state index in [4.69, 9.17) is 0 Å². The van der Waals surface area contributed by atoms with Gasteiger partial charge in [0.05, 0.1) is 5.75 Å². The molecule has 1 heterocycles. The lowest BCUT2D eigenvalue weighted by atomic mass is 10.3. The van der Waals surface area contributed by atoms with Crippen molar-refractivity contribution in [2.24, 2.45) is 0 Å². The van der Waals surface area contributed by atoms with Crippen molar-refractivity contribution in [1.82, 2.24) is 14.6 Å². The molecular weight excluding hydrogens is 274 g/mol. The van der Waals surface area contributed by atoms with Gasteiger partial charge in [-0.3, -0.25) is 4.98 Å². The summed E-state index contributed by atoms with van der Waals surface area (Å²) >= 11 is 0. The number of unbranched alkanes of at least 4 members (excludes halogenated alkanes) is 1. The predicted molar refractivity (Wildman–Crippen MR) is 81.9 cm³/mol. The average Bonchev–Trinajstić information content (AvgIpc) is 2.43. The second kappa shape index (κ2) is 9.05. The van der Waals surface area contributed by atoms with E-state index in [1.54, 1.807) is 19.4 Å². The lowest BCUT2D eigenvalue weighted by molar-refractivity contribution is 0.464. The van der Waals surface area contributed by atoms with Crippen LogP contribution in [0.25, 0.3) is 0 Å². The van der Waals surface area contributed by atoms with E-state index < -0.39 is 10.0 Å². The highest BCUT2D eigenvalue weighted by atomic mass is 32.2. The Labute approximate surface area is 122 Å². The van der Waals surface area contributed by atoms with Crippen LogP contribution in [0, 0.1) is 0 Å². The maximum atomic E-state index is 12.1. The molecule has 20 heavy (non-hydrogen) atoms. The zero-order valence-corrected chi connectivity index (χ0v) is 13.2. The lowest BCUT2D eigenvalue weighted by Crippen LogP contribution is -2.29. The molecule has 0 saturated carbocycles. The zero-order chi connectivity index (χ0) is 14.8. The SMILES string of the molecule is CCCNCCCCS(=O)(=O)N(C)Cc1ccncc1. The van der Waals surface area contributed by atoms with E-state index in [-0.39, 0.29) is 5.75 Å². The van der Waals surface area contributed by atoms with Gasteiger partial charge in [0.25, 0.3) is 0 Å². The van der Waals surface area contributed by atoms with Gasteiger partial charge in [0.15, 0.2) is 0 Å². The van der Waals surface area contributed by atoms with Crippen LogP contribution in [0.5, 0.6) is 0 Å². The molecule has 0 radical (unpaired) electrons. The van der Waals surface area contributed by atoms with E-state index in [9.17, 15) is 8.42 Å². The Balaban J connectivity index is 2.32. The van der Waals surface area contributed by atoms with E-state index in [0.29, 0.717) is 13.0 Å². The van der Waals surface area contributed by atoms with Crippen LogP contribution >= 0.6 is 0 Å². The number of pyridine rings is 1. The molecule has 5 nitrogen and oxygen atoms in total. The molecular formula is C14H25N3O2S. The van der Waals surface area contributed by atoms with E-state index in [1.807, 2.05) is 12.1 Å². The van der Waals surface area contributed by atoms with Crippen molar-refractivity contribution in [2.75, 3.05) is 25.9 Å². The molecule has 0 atom stereocenters. The first-order valence-corrected chi connectivity index (χ1v) is 8.71. The van der Waals surface area contributed by atoms with Crippen molar-refractivity contribution in [3.05, 3.63) is 30.1 Å². The summed E-state index contributed by atoms with van der Waals surface area (Å²) in [5.41, 5.74) is 0.954. The summed E-state index contributed by atoms with van der Waals surface area (Å²) < 4.78 is 25.6. The van der Waals surface area contributed by atoms with Gasteiger partial charge in [-0.05, 0) is 50.0 Å². The summed E-state index contributed by atoms with van der Waals surface area (Å²) in [5, 5.41) is 3.28. The summed E-state index contributed by atoms with van der Waals surface area (Å²) in [6.45, 7) is 4.40. The number of nitrogens with one attached hydrogen (secondary N) is 1. The minimum absolute atomic E-state index is 0.211. The molecule has 0 aliphatic carbocycles. The molecule has 6 heteroatoms. The highest BCUT2D eigenvalue weighted by molar-refractivity contribution is 7.89. The number of aromatic nitrogens is 1. The minimum Gasteiger partial charge on any atom is -0.317 e. The van der Waals surface area contributed by atoms with Crippen LogP contribution in [-0.2, 0) is 16.6 Å². The van der Waals surface area contributed by atoms with Gasteiger partial charge in [-0.2, -0.15) is 0 Å². The Kier molecular flexibility index (Phi) is 7.72. The molecule has 1 N–H and O–H groups in total. The molecule has 0 saturated heterocycles. The highest BCUT2D eigenvalue weighted by Crippen LogP contribution is 2.08. The molecule has 1 aromatic rings. The largest absolute Gasteiger partial charge is 0.317 e. The Morgan fingerprint density at radius 2 is 1.90 bits per heavy atom. The van der Waals surface area contributed by atoms with Crippen LogP contribution in [0.3, 0.4) is 0 Å². The Morgan fingerprint density at radius 3 is 2.55 bits per heavy atom. The summed E-state index contributed by atoms with van der Waals surface area (Å²) in [6, 6.07) is 3.67. The summed E-state index contributed by atoms with van der Waals surface area (Å²) in [5.74, 6) is 0.211. The molecule has 0 spiro atoms. The molecule has 0 unspecified atom stereocenters. The molecule has 0 amide bonds. The number of hydrogen-bond donors (Lipinski definition) is 1. The zero-order valence-electron chi connectivity index (χ0n) is 12.4. The topological polar surface area (TPSA) is 62.3 Å². The number of nitrogens with zero attached hydrogens (tertiary/aromatic N) is 2. The van der Waals surface area contributed by atoms with Crippen LogP contribution in [0.1, 0.15) is 31.7 Å². The minimum atomic E-state index is -3.17. The molecule has 0 aromatic carbocycles. The quantitative estimate of drug-likeness (QED) is 0.667. The average molecular weight is 299 g/mol. The van der Waals surface area contributed by atoms with Gasteiger partial charge < -0.3 is 5.32 Å². The van der Waals surface area contributed by atoms with Crippen LogP contribution in [0.4, 0.5) is 0 Å². The lowest BCUT2D eigenvalue weighted by Gasteiger charge is -2.17. The Bertz CT molecular complexity index is 463. The Hall–Kier alpha value is -0.980. The van der Waals surface area contributed by atoms with Crippen molar-refractivity contribution in [3.8, 4) is 0 Å². The molecule has 0 aliphatic heterocycles. The van der Waals surface area contributed by atoms with E-state index in [2.05, 4.69) is 17.2 Å². The van der Waals surface area contributed by atoms with Gasteiger partial charge in [0.2, 0.25) is 10.0 Å². The molecule has 1 aromatic heterocycles. The fourth-order valence-corrected chi connectivity index (χ4v) is 3.06. The van der Waals surface area contributed by atoms with E-state index >= 15 is 0 Å². The molecule has 1 rings (SSSR count). The normalized spacial score (nSPS) is 11.9. The third kappa shape index (κ3) is 6.45. The highest BCUT2D eigenvalue weighted by Gasteiger charge is 2.17.